The van der Waals surface area contributed by atoms with E-state index in [-0.39, 0.29) is 5.97 Å². The zero-order valence-corrected chi connectivity index (χ0v) is 14.5. The van der Waals surface area contributed by atoms with Crippen LogP contribution in [0.5, 0.6) is 0 Å². The van der Waals surface area contributed by atoms with Crippen LogP contribution < -0.4 is 0 Å². The van der Waals surface area contributed by atoms with Crippen LogP contribution in [0.25, 0.3) is 0 Å². The van der Waals surface area contributed by atoms with Gasteiger partial charge in [0.1, 0.15) is 0 Å². The molecular weight excluding hydrogens is 276 g/mol. The van der Waals surface area contributed by atoms with Crippen LogP contribution in [0.1, 0.15) is 84.0 Å². The van der Waals surface area contributed by atoms with Crippen LogP contribution in [0.15, 0.2) is 12.2 Å². The van der Waals surface area contributed by atoms with Gasteiger partial charge in [0.25, 0.3) is 0 Å². The lowest BCUT2D eigenvalue weighted by Gasteiger charge is -1.99. The molecule has 0 N–H and O–H groups in total. The number of hydrogen-bond acceptors (Lipinski definition) is 3. The summed E-state index contributed by atoms with van der Waals surface area (Å²) in [6.07, 6.45) is 19.8. The van der Waals surface area contributed by atoms with Gasteiger partial charge >= 0.3 is 5.97 Å². The number of epoxide rings is 1. The number of rotatable bonds is 14. The van der Waals surface area contributed by atoms with Gasteiger partial charge in [-0.25, -0.2) is 4.79 Å². The molecule has 0 bridgehead atoms. The third-order valence-electron chi connectivity index (χ3n) is 4.34. The van der Waals surface area contributed by atoms with Gasteiger partial charge < -0.3 is 9.47 Å². The molecule has 1 aliphatic heterocycles. The molecule has 22 heavy (non-hydrogen) atoms. The Labute approximate surface area is 136 Å². The average molecular weight is 310 g/mol. The lowest BCUT2D eigenvalue weighted by Crippen LogP contribution is -1.95. The highest BCUT2D eigenvalue weighted by molar-refractivity contribution is 5.81. The van der Waals surface area contributed by atoms with Crippen LogP contribution in [0.3, 0.4) is 0 Å². The van der Waals surface area contributed by atoms with Gasteiger partial charge in [-0.15, -0.1) is 0 Å². The molecule has 0 radical (unpaired) electrons. The number of carbonyl (C=O) groups is 1. The van der Waals surface area contributed by atoms with E-state index in [0.717, 1.165) is 12.8 Å². The molecule has 128 valence electrons. The van der Waals surface area contributed by atoms with Gasteiger partial charge in [0.2, 0.25) is 0 Å². The number of hydrogen-bond donors (Lipinski definition) is 0. The van der Waals surface area contributed by atoms with Gasteiger partial charge in [0.15, 0.2) is 0 Å². The highest BCUT2D eigenvalue weighted by Gasteiger charge is 2.36. The standard InChI is InChI=1S/C19H34O3/c1-3-4-5-6-8-11-14-17-18(22-17)15-12-9-7-10-13-16-19(20)21-2/h13,16-18H,3-12,14-15H2,1-2H3. The Balaban J connectivity index is 1.82. The molecule has 1 aliphatic rings. The summed E-state index contributed by atoms with van der Waals surface area (Å²) in [5.74, 6) is -0.260. The molecule has 0 aliphatic carbocycles. The van der Waals surface area contributed by atoms with Crippen molar-refractivity contribution in [3.05, 3.63) is 12.2 Å². The van der Waals surface area contributed by atoms with E-state index in [1.165, 1.54) is 77.4 Å². The summed E-state index contributed by atoms with van der Waals surface area (Å²) in [4.78, 5) is 10.9. The van der Waals surface area contributed by atoms with Crippen molar-refractivity contribution < 1.29 is 14.3 Å². The molecule has 0 aromatic carbocycles. The first-order chi connectivity index (χ1) is 10.8. The number of methoxy groups -OCH3 is 1. The maximum absolute atomic E-state index is 10.9. The SMILES string of the molecule is CCCCCCCCC1OC1CCCCCC=CC(=O)OC. The molecule has 1 rings (SSSR count). The predicted molar refractivity (Wildman–Crippen MR) is 90.9 cm³/mol. The molecule has 3 heteroatoms. The van der Waals surface area contributed by atoms with Crippen LogP contribution in [-0.2, 0) is 14.3 Å². The zero-order valence-electron chi connectivity index (χ0n) is 14.5. The lowest BCUT2D eigenvalue weighted by atomic mass is 10.0. The Morgan fingerprint density at radius 1 is 0.955 bits per heavy atom. The van der Waals surface area contributed by atoms with Gasteiger partial charge in [-0.1, -0.05) is 64.4 Å². The number of carbonyl (C=O) groups excluding carboxylic acids is 1. The summed E-state index contributed by atoms with van der Waals surface area (Å²) in [6.45, 7) is 2.26. The minimum atomic E-state index is -0.260. The fourth-order valence-electron chi connectivity index (χ4n) is 2.84. The molecule has 2 unspecified atom stereocenters. The van der Waals surface area contributed by atoms with Gasteiger partial charge in [-0.3, -0.25) is 0 Å². The van der Waals surface area contributed by atoms with Gasteiger partial charge in [-0.05, 0) is 25.7 Å². The normalized spacial score (nSPS) is 20.5. The third-order valence-corrected chi connectivity index (χ3v) is 4.34. The lowest BCUT2D eigenvalue weighted by molar-refractivity contribution is -0.134. The molecule has 0 saturated carbocycles. The van der Waals surface area contributed by atoms with E-state index < -0.39 is 0 Å². The summed E-state index contributed by atoms with van der Waals surface area (Å²) >= 11 is 0. The van der Waals surface area contributed by atoms with Crippen molar-refractivity contribution in [3.8, 4) is 0 Å². The van der Waals surface area contributed by atoms with Crippen molar-refractivity contribution in [1.29, 1.82) is 0 Å². The first kappa shape index (κ1) is 19.2. The summed E-state index contributed by atoms with van der Waals surface area (Å²) < 4.78 is 10.3. The molecule has 0 aromatic heterocycles. The number of esters is 1. The molecule has 0 spiro atoms. The molecule has 1 saturated heterocycles. The average Bonchev–Trinajstić information content (AvgIpc) is 3.28. The molecule has 0 aromatic rings. The summed E-state index contributed by atoms with van der Waals surface area (Å²) in [5.41, 5.74) is 0. The second-order valence-corrected chi connectivity index (χ2v) is 6.33. The maximum Gasteiger partial charge on any atom is 0.330 e. The van der Waals surface area contributed by atoms with E-state index in [4.69, 9.17) is 4.74 Å². The zero-order chi connectivity index (χ0) is 16.0. The highest BCUT2D eigenvalue weighted by atomic mass is 16.6. The van der Waals surface area contributed by atoms with Gasteiger partial charge in [0, 0.05) is 6.08 Å². The summed E-state index contributed by atoms with van der Waals surface area (Å²) in [5, 5.41) is 0. The Morgan fingerprint density at radius 2 is 1.55 bits per heavy atom. The minimum Gasteiger partial charge on any atom is -0.466 e. The monoisotopic (exact) mass is 310 g/mol. The van der Waals surface area contributed by atoms with E-state index in [1.807, 2.05) is 6.08 Å². The largest absolute Gasteiger partial charge is 0.466 e. The quantitative estimate of drug-likeness (QED) is 0.192. The topological polar surface area (TPSA) is 38.8 Å². The molecule has 1 heterocycles. The van der Waals surface area contributed by atoms with Gasteiger partial charge in [0.05, 0.1) is 19.3 Å². The second kappa shape index (κ2) is 12.7. The molecular formula is C19H34O3. The fourth-order valence-corrected chi connectivity index (χ4v) is 2.84. The molecule has 0 amide bonds. The molecule has 3 nitrogen and oxygen atoms in total. The molecule has 1 fully saturated rings. The number of ether oxygens (including phenoxy) is 2. The van der Waals surface area contributed by atoms with Crippen molar-refractivity contribution in [1.82, 2.24) is 0 Å². The van der Waals surface area contributed by atoms with Crippen molar-refractivity contribution in [3.63, 3.8) is 0 Å². The van der Waals surface area contributed by atoms with Crippen molar-refractivity contribution in [2.75, 3.05) is 7.11 Å². The van der Waals surface area contributed by atoms with E-state index in [9.17, 15) is 4.79 Å². The Bertz CT molecular complexity index is 312. The Kier molecular flexibility index (Phi) is 11.1. The first-order valence-electron chi connectivity index (χ1n) is 9.18. The first-order valence-corrected chi connectivity index (χ1v) is 9.18. The van der Waals surface area contributed by atoms with E-state index >= 15 is 0 Å². The van der Waals surface area contributed by atoms with Crippen LogP contribution in [-0.4, -0.2) is 25.3 Å². The van der Waals surface area contributed by atoms with E-state index in [1.54, 1.807) is 0 Å². The molecule has 2 atom stereocenters. The third kappa shape index (κ3) is 9.99. The Hall–Kier alpha value is -0.830. The maximum atomic E-state index is 10.9. The number of unbranched alkanes of at least 4 members (excludes halogenated alkanes) is 8. The minimum absolute atomic E-state index is 0.260. The van der Waals surface area contributed by atoms with Gasteiger partial charge in [-0.2, -0.15) is 0 Å². The van der Waals surface area contributed by atoms with Crippen LogP contribution in [0.2, 0.25) is 0 Å². The van der Waals surface area contributed by atoms with Crippen molar-refractivity contribution >= 4 is 5.97 Å². The fraction of sp³-hybridized carbons (Fsp3) is 0.842. The predicted octanol–water partition coefficient (Wildman–Crippen LogP) is 5.18. The van der Waals surface area contributed by atoms with E-state index in [0.29, 0.717) is 12.2 Å². The Morgan fingerprint density at radius 3 is 2.18 bits per heavy atom. The van der Waals surface area contributed by atoms with E-state index in [2.05, 4.69) is 11.7 Å². The van der Waals surface area contributed by atoms with Crippen molar-refractivity contribution in [2.45, 2.75) is 96.2 Å². The van der Waals surface area contributed by atoms with Crippen molar-refractivity contribution in [2.24, 2.45) is 0 Å². The summed E-state index contributed by atoms with van der Waals surface area (Å²) in [6, 6.07) is 0. The van der Waals surface area contributed by atoms with Crippen LogP contribution in [0, 0.1) is 0 Å². The smallest absolute Gasteiger partial charge is 0.330 e. The second-order valence-electron chi connectivity index (χ2n) is 6.33. The number of allylic oxidation sites excluding steroid dienone is 1. The summed E-state index contributed by atoms with van der Waals surface area (Å²) in [7, 11) is 1.41. The van der Waals surface area contributed by atoms with Crippen LogP contribution in [0.4, 0.5) is 0 Å². The van der Waals surface area contributed by atoms with Crippen LogP contribution >= 0.6 is 0 Å². The highest BCUT2D eigenvalue weighted by Crippen LogP contribution is 2.31.